The Hall–Kier alpha value is -2.73. The summed E-state index contributed by atoms with van der Waals surface area (Å²) in [6, 6.07) is 7.53. The van der Waals surface area contributed by atoms with E-state index in [2.05, 4.69) is 10.3 Å². The number of hydrogen-bond donors (Lipinski definition) is 1. The lowest BCUT2D eigenvalue weighted by Crippen LogP contribution is -2.34. The number of nitrogens with one attached hydrogen (secondary N) is 1. The molecule has 2 heterocycles. The fourth-order valence-electron chi connectivity index (χ4n) is 3.96. The van der Waals surface area contributed by atoms with Crippen molar-refractivity contribution in [1.82, 2.24) is 9.88 Å². The number of anilines is 1. The topological polar surface area (TPSA) is 79.4 Å². The van der Waals surface area contributed by atoms with Gasteiger partial charge in [-0.3, -0.25) is 24.3 Å². The number of para-hydroxylation sites is 1. The number of allylic oxidation sites excluding steroid dienone is 2. The summed E-state index contributed by atoms with van der Waals surface area (Å²) < 4.78 is 0. The number of aryl methyl sites for hydroxylation is 1. The number of carbonyl (C=O) groups excluding carboxylic acids is 3. The second-order valence-electron chi connectivity index (χ2n) is 7.26. The average Bonchev–Trinajstić information content (AvgIpc) is 2.91. The monoisotopic (exact) mass is 397 g/mol. The SMILES string of the molecule is Cc1ccnc2c(NC(=O)CCN3C(=O)[C@@H]4CC=C(Cl)C[C@H]4C3=O)cccc12. The van der Waals surface area contributed by atoms with Gasteiger partial charge in [0.15, 0.2) is 0 Å². The van der Waals surface area contributed by atoms with Gasteiger partial charge in [0.05, 0.1) is 23.0 Å². The van der Waals surface area contributed by atoms with E-state index >= 15 is 0 Å². The van der Waals surface area contributed by atoms with Gasteiger partial charge in [-0.25, -0.2) is 0 Å². The highest BCUT2D eigenvalue weighted by atomic mass is 35.5. The number of nitrogens with zero attached hydrogens (tertiary/aromatic N) is 2. The van der Waals surface area contributed by atoms with E-state index in [1.165, 1.54) is 4.90 Å². The van der Waals surface area contributed by atoms with Gasteiger partial charge in [-0.2, -0.15) is 0 Å². The van der Waals surface area contributed by atoms with Crippen LogP contribution >= 0.6 is 11.6 Å². The minimum absolute atomic E-state index is 0.0419. The summed E-state index contributed by atoms with van der Waals surface area (Å²) >= 11 is 6.03. The Kier molecular flexibility index (Phi) is 4.89. The molecule has 1 aromatic carbocycles. The van der Waals surface area contributed by atoms with Gasteiger partial charge in [0.1, 0.15) is 0 Å². The van der Waals surface area contributed by atoms with E-state index in [1.54, 1.807) is 18.3 Å². The summed E-state index contributed by atoms with van der Waals surface area (Å²) in [4.78, 5) is 43.1. The maximum absolute atomic E-state index is 12.6. The van der Waals surface area contributed by atoms with Crippen LogP contribution in [0.15, 0.2) is 41.6 Å². The van der Waals surface area contributed by atoms with Gasteiger partial charge in [0.2, 0.25) is 17.7 Å². The summed E-state index contributed by atoms with van der Waals surface area (Å²) in [5, 5.41) is 4.45. The summed E-state index contributed by atoms with van der Waals surface area (Å²) in [5.41, 5.74) is 2.41. The molecule has 1 aliphatic heterocycles. The number of aromatic nitrogens is 1. The van der Waals surface area contributed by atoms with Crippen LogP contribution in [-0.2, 0) is 14.4 Å². The highest BCUT2D eigenvalue weighted by Gasteiger charge is 2.48. The minimum atomic E-state index is -0.390. The van der Waals surface area contributed by atoms with Crippen molar-refractivity contribution >= 4 is 45.9 Å². The van der Waals surface area contributed by atoms with Gasteiger partial charge in [0.25, 0.3) is 0 Å². The second-order valence-corrected chi connectivity index (χ2v) is 7.75. The highest BCUT2D eigenvalue weighted by molar-refractivity contribution is 6.30. The Morgan fingerprint density at radius 2 is 2.04 bits per heavy atom. The number of fused-ring (bicyclic) bond motifs is 2. The number of pyridine rings is 1. The first-order valence-corrected chi connectivity index (χ1v) is 9.67. The van der Waals surface area contributed by atoms with Gasteiger partial charge >= 0.3 is 0 Å². The van der Waals surface area contributed by atoms with Crippen LogP contribution in [0.2, 0.25) is 0 Å². The van der Waals surface area contributed by atoms with E-state index in [0.29, 0.717) is 23.6 Å². The smallest absolute Gasteiger partial charge is 0.233 e. The summed E-state index contributed by atoms with van der Waals surface area (Å²) in [6.45, 7) is 2.06. The van der Waals surface area contributed by atoms with E-state index in [4.69, 9.17) is 11.6 Å². The number of halogens is 1. The maximum Gasteiger partial charge on any atom is 0.233 e. The fraction of sp³-hybridized carbons (Fsp3) is 0.333. The molecule has 1 aromatic heterocycles. The zero-order valence-electron chi connectivity index (χ0n) is 15.4. The molecule has 1 saturated heterocycles. The molecule has 4 rings (SSSR count). The lowest BCUT2D eigenvalue weighted by molar-refractivity contribution is -0.140. The number of rotatable bonds is 4. The van der Waals surface area contributed by atoms with Crippen LogP contribution in [0, 0.1) is 18.8 Å². The molecular formula is C21H20ClN3O3. The molecule has 1 N–H and O–H groups in total. The molecule has 0 spiro atoms. The van der Waals surface area contributed by atoms with Crippen molar-refractivity contribution in [2.45, 2.75) is 26.2 Å². The molecule has 2 aromatic rings. The molecule has 2 atom stereocenters. The highest BCUT2D eigenvalue weighted by Crippen LogP contribution is 2.38. The van der Waals surface area contributed by atoms with E-state index in [9.17, 15) is 14.4 Å². The van der Waals surface area contributed by atoms with Crippen molar-refractivity contribution in [3.63, 3.8) is 0 Å². The minimum Gasteiger partial charge on any atom is -0.324 e. The number of hydrogen-bond acceptors (Lipinski definition) is 4. The Morgan fingerprint density at radius 3 is 2.86 bits per heavy atom. The first kappa shape index (κ1) is 18.6. The molecule has 0 unspecified atom stereocenters. The van der Waals surface area contributed by atoms with Crippen molar-refractivity contribution in [3.8, 4) is 0 Å². The zero-order valence-corrected chi connectivity index (χ0v) is 16.2. The normalized spacial score (nSPS) is 21.6. The van der Waals surface area contributed by atoms with Gasteiger partial charge < -0.3 is 5.32 Å². The van der Waals surface area contributed by atoms with E-state index in [-0.39, 0.29) is 36.6 Å². The Labute approximate surface area is 167 Å². The lowest BCUT2D eigenvalue weighted by atomic mass is 9.85. The largest absolute Gasteiger partial charge is 0.324 e. The van der Waals surface area contributed by atoms with E-state index in [0.717, 1.165) is 16.5 Å². The van der Waals surface area contributed by atoms with Crippen LogP contribution in [0.4, 0.5) is 5.69 Å². The van der Waals surface area contributed by atoms with Crippen molar-refractivity contribution in [3.05, 3.63) is 47.1 Å². The van der Waals surface area contributed by atoms with Crippen LogP contribution in [0.1, 0.15) is 24.8 Å². The number of carbonyl (C=O) groups is 3. The molecule has 6 nitrogen and oxygen atoms in total. The van der Waals surface area contributed by atoms with E-state index in [1.807, 2.05) is 25.1 Å². The third kappa shape index (κ3) is 3.29. The molecule has 0 bridgehead atoms. The quantitative estimate of drug-likeness (QED) is 0.802. The number of benzene rings is 1. The molecular weight excluding hydrogens is 378 g/mol. The van der Waals surface area contributed by atoms with Crippen molar-refractivity contribution in [2.24, 2.45) is 11.8 Å². The lowest BCUT2D eigenvalue weighted by Gasteiger charge is -2.17. The van der Waals surface area contributed by atoms with Crippen LogP contribution in [0.5, 0.6) is 0 Å². The summed E-state index contributed by atoms with van der Waals surface area (Å²) in [5.74, 6) is -1.42. The van der Waals surface area contributed by atoms with Crippen molar-refractivity contribution in [2.75, 3.05) is 11.9 Å². The van der Waals surface area contributed by atoms with Crippen LogP contribution in [-0.4, -0.2) is 34.2 Å². The maximum atomic E-state index is 12.6. The second kappa shape index (κ2) is 7.36. The third-order valence-corrected chi connectivity index (χ3v) is 5.79. The first-order valence-electron chi connectivity index (χ1n) is 9.29. The van der Waals surface area contributed by atoms with Crippen LogP contribution < -0.4 is 5.32 Å². The molecule has 28 heavy (non-hydrogen) atoms. The molecule has 144 valence electrons. The van der Waals surface area contributed by atoms with E-state index < -0.39 is 5.92 Å². The van der Waals surface area contributed by atoms with Crippen LogP contribution in [0.25, 0.3) is 10.9 Å². The Bertz CT molecular complexity index is 1020. The fourth-order valence-corrected chi connectivity index (χ4v) is 4.21. The van der Waals surface area contributed by atoms with Gasteiger partial charge in [-0.05, 0) is 37.5 Å². The molecule has 0 saturated carbocycles. The van der Waals surface area contributed by atoms with Crippen molar-refractivity contribution in [1.29, 1.82) is 0 Å². The summed E-state index contributed by atoms with van der Waals surface area (Å²) in [6.07, 6.45) is 4.44. The Morgan fingerprint density at radius 1 is 1.25 bits per heavy atom. The van der Waals surface area contributed by atoms with Gasteiger partial charge in [-0.15, -0.1) is 0 Å². The van der Waals surface area contributed by atoms with Crippen molar-refractivity contribution < 1.29 is 14.4 Å². The van der Waals surface area contributed by atoms with Crippen LogP contribution in [0.3, 0.4) is 0 Å². The number of imide groups is 1. The predicted molar refractivity (Wildman–Crippen MR) is 107 cm³/mol. The van der Waals surface area contributed by atoms with Gasteiger partial charge in [-0.1, -0.05) is 29.8 Å². The zero-order chi connectivity index (χ0) is 19.8. The molecule has 0 radical (unpaired) electrons. The molecule has 7 heteroatoms. The molecule has 3 amide bonds. The summed E-state index contributed by atoms with van der Waals surface area (Å²) in [7, 11) is 0. The predicted octanol–water partition coefficient (Wildman–Crippen LogP) is 3.39. The molecule has 2 aliphatic rings. The average molecular weight is 398 g/mol. The standard InChI is InChI=1S/C21H20ClN3O3/c1-12-7-9-23-19-14(12)3-2-4-17(19)24-18(26)8-10-25-20(27)15-6-5-13(22)11-16(15)21(25)28/h2-5,7,9,15-16H,6,8,10-11H2,1H3,(H,24,26)/t15-,16-/m1/s1. The number of likely N-dealkylation sites (tertiary alicyclic amines) is 1. The first-order chi connectivity index (χ1) is 13.5. The third-order valence-electron chi connectivity index (χ3n) is 5.49. The molecule has 1 aliphatic carbocycles. The Balaban J connectivity index is 1.43. The van der Waals surface area contributed by atoms with Gasteiger partial charge in [0, 0.05) is 29.6 Å². The molecule has 1 fully saturated rings. The number of amides is 3.